The molecule has 0 radical (unpaired) electrons. The molecule has 0 aromatic rings. The van der Waals surface area contributed by atoms with Gasteiger partial charge in [0.2, 0.25) is 11.8 Å². The van der Waals surface area contributed by atoms with Crippen LogP contribution >= 0.6 is 0 Å². The third-order valence-corrected chi connectivity index (χ3v) is 3.76. The second kappa shape index (κ2) is 8.21. The Bertz CT molecular complexity index is 329. The lowest BCUT2D eigenvalue weighted by atomic mass is 10.3. The number of carbonyl (C=O) groups excluding carboxylic acids is 2. The van der Waals surface area contributed by atoms with Crippen molar-refractivity contribution in [3.8, 4) is 0 Å². The fourth-order valence-corrected chi connectivity index (χ4v) is 2.51. The highest BCUT2D eigenvalue weighted by Crippen LogP contribution is 2.05. The summed E-state index contributed by atoms with van der Waals surface area (Å²) in [7, 11) is 0. The quantitative estimate of drug-likeness (QED) is 0.755. The van der Waals surface area contributed by atoms with Crippen molar-refractivity contribution in [2.45, 2.75) is 33.2 Å². The molecule has 2 amide bonds. The van der Waals surface area contributed by atoms with Crippen LogP contribution in [0.2, 0.25) is 0 Å². The Labute approximate surface area is 121 Å². The van der Waals surface area contributed by atoms with E-state index in [4.69, 9.17) is 5.73 Å². The van der Waals surface area contributed by atoms with Gasteiger partial charge in [0.05, 0.1) is 12.6 Å². The fourth-order valence-electron chi connectivity index (χ4n) is 2.51. The van der Waals surface area contributed by atoms with Crippen LogP contribution in [0, 0.1) is 0 Å². The van der Waals surface area contributed by atoms with Crippen molar-refractivity contribution >= 4 is 11.8 Å². The lowest BCUT2D eigenvalue weighted by molar-refractivity contribution is -0.132. The van der Waals surface area contributed by atoms with Gasteiger partial charge in [-0.25, -0.2) is 0 Å². The number of carbonyl (C=O) groups is 2. The summed E-state index contributed by atoms with van der Waals surface area (Å²) in [5.74, 6) is 0.170. The van der Waals surface area contributed by atoms with Gasteiger partial charge in [-0.2, -0.15) is 0 Å². The zero-order valence-electron chi connectivity index (χ0n) is 13.0. The van der Waals surface area contributed by atoms with E-state index in [1.54, 1.807) is 6.92 Å². The summed E-state index contributed by atoms with van der Waals surface area (Å²) >= 11 is 0. The second-order valence-electron chi connectivity index (χ2n) is 5.31. The topological polar surface area (TPSA) is 69.9 Å². The van der Waals surface area contributed by atoms with Gasteiger partial charge in [0.25, 0.3) is 0 Å². The molecule has 0 aromatic carbocycles. The second-order valence-corrected chi connectivity index (χ2v) is 5.31. The summed E-state index contributed by atoms with van der Waals surface area (Å²) in [6, 6.07) is -0.446. The number of nitrogens with zero attached hydrogens (tertiary/aromatic N) is 3. The van der Waals surface area contributed by atoms with E-state index in [9.17, 15) is 9.59 Å². The molecule has 1 fully saturated rings. The molecular formula is C14H28N4O2. The maximum absolute atomic E-state index is 12.1. The van der Waals surface area contributed by atoms with Crippen molar-refractivity contribution < 1.29 is 9.59 Å². The number of likely N-dealkylation sites (N-methyl/N-ethyl adjacent to an activating group) is 1. The van der Waals surface area contributed by atoms with Crippen molar-refractivity contribution in [2.24, 2.45) is 5.73 Å². The molecule has 0 aliphatic carbocycles. The predicted molar refractivity (Wildman–Crippen MR) is 79.2 cm³/mol. The molecule has 1 unspecified atom stereocenters. The third kappa shape index (κ3) is 4.76. The summed E-state index contributed by atoms with van der Waals surface area (Å²) < 4.78 is 0. The highest BCUT2D eigenvalue weighted by molar-refractivity contribution is 5.81. The van der Waals surface area contributed by atoms with Crippen LogP contribution in [0.1, 0.15) is 27.2 Å². The van der Waals surface area contributed by atoms with Gasteiger partial charge in [-0.15, -0.1) is 0 Å². The minimum absolute atomic E-state index is 0.00178. The fraction of sp³-hybridized carbons (Fsp3) is 0.857. The summed E-state index contributed by atoms with van der Waals surface area (Å²) in [4.78, 5) is 29.8. The zero-order chi connectivity index (χ0) is 15.1. The SMILES string of the molecule is CCN(CC)C(=O)CN1CCCN(C(=O)C(C)N)CC1. The van der Waals surface area contributed by atoms with Crippen LogP contribution in [0.25, 0.3) is 0 Å². The number of amides is 2. The van der Waals surface area contributed by atoms with Crippen LogP contribution in [0.5, 0.6) is 0 Å². The van der Waals surface area contributed by atoms with Gasteiger partial charge >= 0.3 is 0 Å². The van der Waals surface area contributed by atoms with Crippen molar-refractivity contribution in [1.82, 2.24) is 14.7 Å². The van der Waals surface area contributed by atoms with E-state index in [0.29, 0.717) is 13.1 Å². The molecule has 0 aromatic heterocycles. The molecule has 0 bridgehead atoms. The Kier molecular flexibility index (Phi) is 6.95. The Morgan fingerprint density at radius 2 is 1.80 bits per heavy atom. The normalized spacial score (nSPS) is 18.5. The molecule has 2 N–H and O–H groups in total. The van der Waals surface area contributed by atoms with Crippen LogP contribution in [0.4, 0.5) is 0 Å². The lowest BCUT2D eigenvalue weighted by Crippen LogP contribution is -2.44. The molecule has 1 saturated heterocycles. The summed E-state index contributed by atoms with van der Waals surface area (Å²) in [5, 5.41) is 0. The maximum Gasteiger partial charge on any atom is 0.239 e. The van der Waals surface area contributed by atoms with E-state index < -0.39 is 6.04 Å². The third-order valence-electron chi connectivity index (χ3n) is 3.76. The molecule has 1 atom stereocenters. The molecule has 20 heavy (non-hydrogen) atoms. The van der Waals surface area contributed by atoms with Crippen LogP contribution in [0.15, 0.2) is 0 Å². The molecule has 6 heteroatoms. The van der Waals surface area contributed by atoms with Crippen molar-refractivity contribution in [1.29, 1.82) is 0 Å². The highest BCUT2D eigenvalue weighted by Gasteiger charge is 2.23. The summed E-state index contributed by atoms with van der Waals surface area (Å²) in [6.07, 6.45) is 0.893. The van der Waals surface area contributed by atoms with Crippen LogP contribution < -0.4 is 5.73 Å². The van der Waals surface area contributed by atoms with Gasteiger partial charge in [0.15, 0.2) is 0 Å². The highest BCUT2D eigenvalue weighted by atomic mass is 16.2. The number of nitrogens with two attached hydrogens (primary N) is 1. The standard InChI is InChI=1S/C14H28N4O2/c1-4-17(5-2)13(19)11-16-7-6-8-18(10-9-16)14(20)12(3)15/h12H,4-11,15H2,1-3H3. The maximum atomic E-state index is 12.1. The average molecular weight is 284 g/mol. The molecule has 0 spiro atoms. The number of hydrogen-bond acceptors (Lipinski definition) is 4. The average Bonchev–Trinajstić information content (AvgIpc) is 2.64. The molecule has 0 saturated carbocycles. The zero-order valence-corrected chi connectivity index (χ0v) is 13.0. The Morgan fingerprint density at radius 3 is 2.35 bits per heavy atom. The first-order chi connectivity index (χ1) is 9.49. The van der Waals surface area contributed by atoms with E-state index >= 15 is 0 Å². The van der Waals surface area contributed by atoms with Gasteiger partial charge < -0.3 is 15.5 Å². The molecule has 6 nitrogen and oxygen atoms in total. The Morgan fingerprint density at radius 1 is 1.15 bits per heavy atom. The predicted octanol–water partition coefficient (Wildman–Crippen LogP) is -0.264. The number of rotatable bonds is 5. The molecule has 1 aliphatic heterocycles. The molecule has 1 rings (SSSR count). The van der Waals surface area contributed by atoms with Gasteiger partial charge in [0, 0.05) is 39.3 Å². The minimum Gasteiger partial charge on any atom is -0.342 e. The first kappa shape index (κ1) is 16.9. The lowest BCUT2D eigenvalue weighted by Gasteiger charge is -2.25. The first-order valence-corrected chi connectivity index (χ1v) is 7.54. The Balaban J connectivity index is 2.48. The van der Waals surface area contributed by atoms with Crippen LogP contribution in [-0.4, -0.2) is 78.4 Å². The van der Waals surface area contributed by atoms with Crippen molar-refractivity contribution in [3.05, 3.63) is 0 Å². The Hall–Kier alpha value is -1.14. The van der Waals surface area contributed by atoms with Crippen LogP contribution in [-0.2, 0) is 9.59 Å². The van der Waals surface area contributed by atoms with Crippen LogP contribution in [0.3, 0.4) is 0 Å². The molecule has 116 valence electrons. The van der Waals surface area contributed by atoms with Gasteiger partial charge in [-0.05, 0) is 27.2 Å². The first-order valence-electron chi connectivity index (χ1n) is 7.54. The largest absolute Gasteiger partial charge is 0.342 e. The van der Waals surface area contributed by atoms with Gasteiger partial charge in [-0.1, -0.05) is 0 Å². The summed E-state index contributed by atoms with van der Waals surface area (Å²) in [5.41, 5.74) is 5.64. The minimum atomic E-state index is -0.446. The molecule has 1 heterocycles. The monoisotopic (exact) mass is 284 g/mol. The smallest absolute Gasteiger partial charge is 0.239 e. The van der Waals surface area contributed by atoms with E-state index in [0.717, 1.165) is 39.1 Å². The summed E-state index contributed by atoms with van der Waals surface area (Å²) in [6.45, 7) is 10.6. The van der Waals surface area contributed by atoms with E-state index in [1.807, 2.05) is 23.6 Å². The van der Waals surface area contributed by atoms with Crippen molar-refractivity contribution in [2.75, 3.05) is 45.8 Å². The van der Waals surface area contributed by atoms with Gasteiger partial charge in [-0.3, -0.25) is 14.5 Å². The van der Waals surface area contributed by atoms with Gasteiger partial charge in [0.1, 0.15) is 0 Å². The molecule has 1 aliphatic rings. The van der Waals surface area contributed by atoms with E-state index in [1.165, 1.54) is 0 Å². The van der Waals surface area contributed by atoms with E-state index in [2.05, 4.69) is 4.90 Å². The molecular weight excluding hydrogens is 256 g/mol. The van der Waals surface area contributed by atoms with E-state index in [-0.39, 0.29) is 11.8 Å². The number of hydrogen-bond donors (Lipinski definition) is 1. The van der Waals surface area contributed by atoms with Crippen molar-refractivity contribution in [3.63, 3.8) is 0 Å².